The molecule has 0 amide bonds. The van der Waals surface area contributed by atoms with Crippen molar-refractivity contribution < 1.29 is 35.4 Å². The SMILES string of the molecule is N=Bc1n[c]([Na])n[c]([Er])n1. The van der Waals surface area contributed by atoms with Gasteiger partial charge in [-0.15, -0.1) is 0 Å². The monoisotopic (exact) mass is 293 g/mol. The summed E-state index contributed by atoms with van der Waals surface area (Å²) in [4.78, 5) is 11.8. The fourth-order valence-electron chi connectivity index (χ4n) is 0.509. The number of rotatable bonds is 1. The Morgan fingerprint density at radius 1 is 1.40 bits per heavy atom. The first kappa shape index (κ1) is 9.21. The zero-order chi connectivity index (χ0) is 7.56. The fraction of sp³-hybridized carbons (Fsp3) is 0. The van der Waals surface area contributed by atoms with E-state index in [1.54, 1.807) is 0 Å². The Hall–Kier alpha value is 1.12. The van der Waals surface area contributed by atoms with Crippen molar-refractivity contribution in [2.75, 3.05) is 0 Å². The van der Waals surface area contributed by atoms with E-state index < -0.39 is 0 Å². The summed E-state index contributed by atoms with van der Waals surface area (Å²) in [6.45, 7) is 0. The van der Waals surface area contributed by atoms with Crippen molar-refractivity contribution in [3.05, 3.63) is 0 Å². The molecule has 7 heteroatoms. The van der Waals surface area contributed by atoms with Gasteiger partial charge in [0.25, 0.3) is 0 Å². The predicted octanol–water partition coefficient (Wildman–Crippen LogP) is -3.07. The standard InChI is InChI=1S/C3HBN4.Er.Na/c5-4-3-7-1-6-2-8-3;;/h5H;;. The molecule has 0 aromatic carbocycles. The Bertz CT molecular complexity index is 246. The summed E-state index contributed by atoms with van der Waals surface area (Å²) in [5, 5.41) is 6.87. The summed E-state index contributed by atoms with van der Waals surface area (Å²) in [5.74, 6) is 0. The van der Waals surface area contributed by atoms with Gasteiger partial charge in [-0.1, -0.05) is 0 Å². The van der Waals surface area contributed by atoms with E-state index >= 15 is 0 Å². The van der Waals surface area contributed by atoms with Crippen molar-refractivity contribution in [2.24, 2.45) is 0 Å². The molecule has 0 aliphatic carbocycles. The first-order valence-electron chi connectivity index (χ1n) is 2.56. The van der Waals surface area contributed by atoms with E-state index in [0.29, 0.717) is 7.71 Å². The van der Waals surface area contributed by atoms with E-state index in [2.05, 4.69) is 50.3 Å². The van der Waals surface area contributed by atoms with Gasteiger partial charge in [-0.05, 0) is 0 Å². The molecule has 49 valence electrons. The first-order chi connectivity index (χ1) is 4.72. The summed E-state index contributed by atoms with van der Waals surface area (Å²) in [7, 11) is 1.12. The summed E-state index contributed by atoms with van der Waals surface area (Å²) >= 11 is 3.18. The molecule has 0 spiro atoms. The Labute approximate surface area is 99.7 Å². The predicted molar refractivity (Wildman–Crippen MR) is 33.0 cm³/mol. The normalized spacial score (nSPS) is 9.20. The van der Waals surface area contributed by atoms with Crippen LogP contribution in [0, 0.1) is 40.7 Å². The topological polar surface area (TPSA) is 62.5 Å². The summed E-state index contributed by atoms with van der Waals surface area (Å²) in [6.07, 6.45) is 0. The van der Waals surface area contributed by atoms with E-state index in [0.717, 1.165) is 38.1 Å². The van der Waals surface area contributed by atoms with Crippen LogP contribution in [0.2, 0.25) is 0 Å². The van der Waals surface area contributed by atoms with Crippen LogP contribution in [0.3, 0.4) is 0 Å². The van der Waals surface area contributed by atoms with Crippen molar-refractivity contribution in [2.45, 2.75) is 0 Å². The molecule has 0 bridgehead atoms. The molecular formula is C3HBErN4Na. The van der Waals surface area contributed by atoms with Crippen LogP contribution in [0.5, 0.6) is 0 Å². The van der Waals surface area contributed by atoms with Crippen molar-refractivity contribution in [1.29, 1.82) is 5.31 Å². The van der Waals surface area contributed by atoms with Crippen molar-refractivity contribution >= 4 is 45.8 Å². The van der Waals surface area contributed by atoms with E-state index in [-0.39, 0.29) is 0 Å². The molecule has 0 fully saturated rings. The maximum atomic E-state index is 6.87. The molecule has 0 aliphatic rings. The Morgan fingerprint density at radius 3 is 2.60 bits per heavy atom. The third kappa shape index (κ3) is 2.63. The van der Waals surface area contributed by atoms with E-state index in [4.69, 9.17) is 5.31 Å². The van der Waals surface area contributed by atoms with E-state index in [1.807, 2.05) is 0 Å². The number of aromatic nitrogens is 3. The van der Waals surface area contributed by atoms with E-state index in [9.17, 15) is 0 Å². The average Bonchev–Trinajstić information content (AvgIpc) is 1.85. The van der Waals surface area contributed by atoms with Gasteiger partial charge in [-0.3, -0.25) is 0 Å². The quantitative estimate of drug-likeness (QED) is 0.559. The van der Waals surface area contributed by atoms with Gasteiger partial charge in [0.15, 0.2) is 0 Å². The summed E-state index contributed by atoms with van der Waals surface area (Å²) in [6, 6.07) is 0. The van der Waals surface area contributed by atoms with Crippen LogP contribution < -0.4 is 10.8 Å². The van der Waals surface area contributed by atoms with Gasteiger partial charge >= 0.3 is 101 Å². The average molecular weight is 294 g/mol. The maximum absolute atomic E-state index is 6.87. The second-order valence-electron chi connectivity index (χ2n) is 1.61. The third-order valence-corrected chi connectivity index (χ3v) is 1.71. The summed E-state index contributed by atoms with van der Waals surface area (Å²) in [5.41, 5.74) is 0.435. The van der Waals surface area contributed by atoms with Crippen LogP contribution in [-0.4, -0.2) is 50.0 Å². The van der Waals surface area contributed by atoms with Gasteiger partial charge in [-0.2, -0.15) is 0 Å². The molecule has 1 rings (SSSR count). The van der Waals surface area contributed by atoms with Gasteiger partial charge in [0.2, 0.25) is 0 Å². The van der Waals surface area contributed by atoms with E-state index in [1.165, 1.54) is 0 Å². The van der Waals surface area contributed by atoms with Crippen molar-refractivity contribution in [3.63, 3.8) is 0 Å². The molecule has 0 aliphatic heterocycles. The zero-order valence-corrected chi connectivity index (χ0v) is 9.06. The van der Waals surface area contributed by atoms with Crippen molar-refractivity contribution in [3.8, 4) is 0 Å². The molecule has 0 unspecified atom stereocenters. The summed E-state index contributed by atoms with van der Waals surface area (Å²) < 4.78 is 1.39. The molecule has 4 nitrogen and oxygen atoms in total. The molecule has 1 aromatic rings. The minimum atomic E-state index is 0.435. The van der Waals surface area contributed by atoms with Crippen molar-refractivity contribution in [1.82, 2.24) is 15.0 Å². The van der Waals surface area contributed by atoms with Gasteiger partial charge in [0.05, 0.1) is 0 Å². The minimum absolute atomic E-state index is 0.435. The number of nitrogens with zero attached hydrogens (tertiary/aromatic N) is 3. The first-order valence-corrected chi connectivity index (χ1v) is 4.49. The van der Waals surface area contributed by atoms with Crippen LogP contribution in [0.4, 0.5) is 0 Å². The number of nitrogens with one attached hydrogen (secondary N) is 1. The number of hydrogen-bond donors (Lipinski definition) is 1. The van der Waals surface area contributed by atoms with Crippen LogP contribution in [0.25, 0.3) is 0 Å². The second kappa shape index (κ2) is 4.22. The van der Waals surface area contributed by atoms with Crippen LogP contribution >= 0.6 is 0 Å². The third-order valence-electron chi connectivity index (χ3n) is 0.846. The molecule has 10 heavy (non-hydrogen) atoms. The van der Waals surface area contributed by atoms with Gasteiger partial charge in [0.1, 0.15) is 0 Å². The van der Waals surface area contributed by atoms with Crippen LogP contribution in [-0.2, 0) is 0 Å². The molecule has 1 heterocycles. The fourth-order valence-corrected chi connectivity index (χ4v) is 1.83. The Balaban J connectivity index is 3.18. The van der Waals surface area contributed by atoms with Crippen LogP contribution in [0.15, 0.2) is 0 Å². The molecule has 0 saturated carbocycles. The second-order valence-corrected chi connectivity index (χ2v) is 3.34. The molecular weight excluding hydrogens is 293 g/mol. The van der Waals surface area contributed by atoms with Gasteiger partial charge in [0, 0.05) is 0 Å². The van der Waals surface area contributed by atoms with Gasteiger partial charge < -0.3 is 0 Å². The Kier molecular flexibility index (Phi) is 3.89. The number of hydrogen-bond acceptors (Lipinski definition) is 4. The molecule has 0 atom stereocenters. The molecule has 0 radical (unpaired) electrons. The molecule has 0 saturated heterocycles. The van der Waals surface area contributed by atoms with Gasteiger partial charge in [-0.25, -0.2) is 0 Å². The molecule has 1 aromatic heterocycles. The zero-order valence-electron chi connectivity index (χ0n) is 5.21. The Morgan fingerprint density at radius 2 is 2.10 bits per heavy atom. The van der Waals surface area contributed by atoms with Crippen LogP contribution in [0.1, 0.15) is 0 Å². The molecule has 1 N–H and O–H groups in total.